The highest BCUT2D eigenvalue weighted by Crippen LogP contribution is 2.33. The zero-order valence-electron chi connectivity index (χ0n) is 21.0. The number of anilines is 1. The molecular weight excluding hydrogens is 424 g/mol. The van der Waals surface area contributed by atoms with Crippen LogP contribution in [0.5, 0.6) is 0 Å². The molecule has 1 aromatic heterocycles. The number of pyridine rings is 1. The number of fused-ring (bicyclic) bond motifs is 2. The number of amides is 1. The van der Waals surface area contributed by atoms with Gasteiger partial charge in [-0.3, -0.25) is 9.59 Å². The molecule has 182 valence electrons. The molecule has 0 bridgehead atoms. The fourth-order valence-corrected chi connectivity index (χ4v) is 5.62. The first-order chi connectivity index (χ1) is 16.4. The van der Waals surface area contributed by atoms with Crippen LogP contribution in [0.2, 0.25) is 0 Å². The third-order valence-electron chi connectivity index (χ3n) is 7.50. The third kappa shape index (κ3) is 5.12. The lowest BCUT2D eigenvalue weighted by Crippen LogP contribution is -2.42. The molecule has 1 amide bonds. The van der Waals surface area contributed by atoms with E-state index in [1.807, 2.05) is 25.1 Å². The zero-order chi connectivity index (χ0) is 24.2. The van der Waals surface area contributed by atoms with Gasteiger partial charge in [-0.05, 0) is 95.8 Å². The second-order valence-electron chi connectivity index (χ2n) is 9.86. The van der Waals surface area contributed by atoms with Crippen molar-refractivity contribution in [3.8, 4) is 0 Å². The second-order valence-corrected chi connectivity index (χ2v) is 9.86. The Labute approximate surface area is 203 Å². The number of allylic oxidation sites excluding steroid dienone is 2. The highest BCUT2D eigenvalue weighted by Gasteiger charge is 2.28. The maximum Gasteiger partial charge on any atom is 0.253 e. The number of hydrogen-bond donors (Lipinski definition) is 2. The van der Waals surface area contributed by atoms with Crippen LogP contribution in [0.25, 0.3) is 0 Å². The van der Waals surface area contributed by atoms with Gasteiger partial charge >= 0.3 is 0 Å². The molecule has 1 aliphatic heterocycles. The summed E-state index contributed by atoms with van der Waals surface area (Å²) in [5, 5.41) is 3.02. The zero-order valence-corrected chi connectivity index (χ0v) is 21.0. The molecule has 0 unspecified atom stereocenters. The van der Waals surface area contributed by atoms with Crippen molar-refractivity contribution in [2.75, 3.05) is 25.5 Å². The first-order valence-electron chi connectivity index (χ1n) is 12.6. The number of nitrogens with one attached hydrogen (secondary N) is 2. The predicted molar refractivity (Wildman–Crippen MR) is 139 cm³/mol. The van der Waals surface area contributed by atoms with Crippen LogP contribution < -0.4 is 15.8 Å². The fourth-order valence-electron chi connectivity index (χ4n) is 5.62. The molecule has 2 aromatic rings. The minimum Gasteiger partial charge on any atom is -0.369 e. The highest BCUT2D eigenvalue weighted by atomic mass is 16.1. The Morgan fingerprint density at radius 2 is 1.68 bits per heavy atom. The van der Waals surface area contributed by atoms with E-state index < -0.39 is 0 Å². The van der Waals surface area contributed by atoms with Crippen molar-refractivity contribution in [2.24, 2.45) is 0 Å². The number of nitrogens with zero attached hydrogens (tertiary/aromatic N) is 2. The van der Waals surface area contributed by atoms with Gasteiger partial charge in [-0.2, -0.15) is 0 Å². The fraction of sp³-hybridized carbons (Fsp3) is 0.500. The van der Waals surface area contributed by atoms with Crippen molar-refractivity contribution in [1.29, 1.82) is 0 Å². The Bertz CT molecular complexity index is 1110. The van der Waals surface area contributed by atoms with Gasteiger partial charge in [-0.25, -0.2) is 0 Å². The summed E-state index contributed by atoms with van der Waals surface area (Å²) in [6.07, 6.45) is 10.4. The molecule has 0 radical (unpaired) electrons. The lowest BCUT2D eigenvalue weighted by Gasteiger charge is -2.40. The van der Waals surface area contributed by atoms with Crippen LogP contribution >= 0.6 is 0 Å². The molecule has 1 aliphatic carbocycles. The average molecular weight is 463 g/mol. The molecule has 0 spiro atoms. The molecule has 1 saturated carbocycles. The first-order valence-corrected chi connectivity index (χ1v) is 12.6. The first kappa shape index (κ1) is 24.3. The number of carbonyl (C=O) groups excluding carboxylic acids is 1. The van der Waals surface area contributed by atoms with Gasteiger partial charge in [0.2, 0.25) is 0 Å². The predicted octanol–water partition coefficient (Wildman–Crippen LogP) is 3.97. The minimum absolute atomic E-state index is 0.120. The minimum atomic E-state index is -0.123. The van der Waals surface area contributed by atoms with Crippen molar-refractivity contribution < 1.29 is 4.79 Å². The molecule has 6 heteroatoms. The number of carbonyl (C=O) groups is 1. The summed E-state index contributed by atoms with van der Waals surface area (Å²) >= 11 is 0. The van der Waals surface area contributed by atoms with E-state index in [0.29, 0.717) is 36.1 Å². The van der Waals surface area contributed by atoms with E-state index in [1.54, 1.807) is 0 Å². The van der Waals surface area contributed by atoms with Gasteiger partial charge in [0.1, 0.15) is 0 Å². The van der Waals surface area contributed by atoms with E-state index in [1.165, 1.54) is 31.4 Å². The molecule has 0 saturated heterocycles. The van der Waals surface area contributed by atoms with E-state index in [0.717, 1.165) is 23.4 Å². The van der Waals surface area contributed by atoms with Crippen molar-refractivity contribution in [2.45, 2.75) is 71.0 Å². The monoisotopic (exact) mass is 462 g/mol. The smallest absolute Gasteiger partial charge is 0.253 e. The summed E-state index contributed by atoms with van der Waals surface area (Å²) in [5.41, 5.74) is 5.26. The Kier molecular flexibility index (Phi) is 7.57. The lowest BCUT2D eigenvalue weighted by molar-refractivity contribution is 0.0950. The molecule has 34 heavy (non-hydrogen) atoms. The number of hydrogen-bond acceptors (Lipinski definition) is 4. The Balaban J connectivity index is 1.65. The number of aromatic amines is 1. The van der Waals surface area contributed by atoms with Gasteiger partial charge in [-0.1, -0.05) is 18.2 Å². The van der Waals surface area contributed by atoms with E-state index in [2.05, 4.69) is 59.3 Å². The average Bonchev–Trinajstić information content (AvgIpc) is 2.84. The van der Waals surface area contributed by atoms with Crippen molar-refractivity contribution >= 4 is 11.6 Å². The summed E-state index contributed by atoms with van der Waals surface area (Å²) < 4.78 is 0. The number of benzene rings is 1. The molecular formula is C28H38N4O2. The van der Waals surface area contributed by atoms with Crippen LogP contribution in [-0.2, 0) is 19.4 Å². The number of rotatable bonds is 4. The van der Waals surface area contributed by atoms with Crippen LogP contribution in [0.1, 0.15) is 65.3 Å². The maximum absolute atomic E-state index is 13.3. The van der Waals surface area contributed by atoms with E-state index >= 15 is 0 Å². The summed E-state index contributed by atoms with van der Waals surface area (Å²) in [4.78, 5) is 33.6. The number of aromatic nitrogens is 1. The summed E-state index contributed by atoms with van der Waals surface area (Å²) in [7, 11) is 4.35. The van der Waals surface area contributed by atoms with Crippen molar-refractivity contribution in [1.82, 2.24) is 15.2 Å². The normalized spacial score (nSPS) is 21.7. The summed E-state index contributed by atoms with van der Waals surface area (Å²) in [5.74, 6) is -0.120. The summed E-state index contributed by atoms with van der Waals surface area (Å²) in [6, 6.07) is 9.23. The molecule has 6 nitrogen and oxygen atoms in total. The van der Waals surface area contributed by atoms with E-state index in [4.69, 9.17) is 0 Å². The number of aryl methyl sites for hydroxylation is 1. The molecule has 1 aromatic carbocycles. The van der Waals surface area contributed by atoms with Gasteiger partial charge in [0.05, 0.1) is 0 Å². The van der Waals surface area contributed by atoms with Crippen LogP contribution in [0.3, 0.4) is 0 Å². The molecule has 4 rings (SSSR count). The number of H-pyrrole nitrogens is 1. The van der Waals surface area contributed by atoms with Gasteiger partial charge < -0.3 is 20.1 Å². The Hall–Kier alpha value is -2.86. The van der Waals surface area contributed by atoms with Crippen LogP contribution in [0.4, 0.5) is 5.69 Å². The molecule has 1 fully saturated rings. The second kappa shape index (κ2) is 10.6. The molecule has 2 N–H and O–H groups in total. The molecule has 2 aliphatic rings. The van der Waals surface area contributed by atoms with Crippen molar-refractivity contribution in [3.05, 3.63) is 74.7 Å². The molecule has 2 heterocycles. The van der Waals surface area contributed by atoms with Gasteiger partial charge in [0.15, 0.2) is 0 Å². The topological polar surface area (TPSA) is 68.4 Å². The molecule has 0 atom stereocenters. The van der Waals surface area contributed by atoms with E-state index in [-0.39, 0.29) is 18.0 Å². The third-order valence-corrected chi connectivity index (χ3v) is 7.50. The maximum atomic E-state index is 13.3. The van der Waals surface area contributed by atoms with Crippen molar-refractivity contribution in [3.63, 3.8) is 0 Å². The Morgan fingerprint density at radius 3 is 2.38 bits per heavy atom. The van der Waals surface area contributed by atoms with Gasteiger partial charge in [0, 0.05) is 47.7 Å². The largest absolute Gasteiger partial charge is 0.369 e. The van der Waals surface area contributed by atoms with Crippen LogP contribution in [-0.4, -0.2) is 48.5 Å². The van der Waals surface area contributed by atoms with Crippen LogP contribution in [0.15, 0.2) is 41.2 Å². The Morgan fingerprint density at radius 1 is 0.971 bits per heavy atom. The highest BCUT2D eigenvalue weighted by molar-refractivity contribution is 5.97. The quantitative estimate of drug-likeness (QED) is 0.675. The standard InChI is InChI=1S/C28H38N4O2/c1-5-32(22-15-13-21(14-16-22)31(3)4)26-12-8-11-24-23(26)10-7-6-9-20-17-19(2)30-28(34)25(20)18-29-27(24)33/h6-8,11-12,17,21-22H,5,9-10,13-16,18H2,1-4H3,(H,29,33)(H,30,34)/b7-6-/t21-,22-. The van der Waals surface area contributed by atoms with Gasteiger partial charge in [0.25, 0.3) is 11.5 Å². The SMILES string of the molecule is CCN(c1cccc2c1C/C=C\Cc1cc(C)[nH]c(=O)c1CNC2=O)[C@H]1CC[C@H](N(C)C)CC1. The lowest BCUT2D eigenvalue weighted by atomic mass is 9.88. The summed E-state index contributed by atoms with van der Waals surface area (Å²) in [6.45, 7) is 5.25. The van der Waals surface area contributed by atoms with Crippen LogP contribution in [0, 0.1) is 6.92 Å². The van der Waals surface area contributed by atoms with Gasteiger partial charge in [-0.15, -0.1) is 0 Å². The van der Waals surface area contributed by atoms with E-state index in [9.17, 15) is 9.59 Å².